The number of carbonyl (C=O) groups is 2. The summed E-state index contributed by atoms with van der Waals surface area (Å²) in [4.78, 5) is 26.4. The number of piperidine rings is 1. The van der Waals surface area contributed by atoms with Gasteiger partial charge in [0, 0.05) is 22.1 Å². The molecule has 0 bridgehead atoms. The van der Waals surface area contributed by atoms with Gasteiger partial charge in [-0.2, -0.15) is 0 Å². The van der Waals surface area contributed by atoms with Crippen LogP contribution in [0.4, 0.5) is 0 Å². The fraction of sp³-hybridized carbons (Fsp3) is 0.294. The minimum absolute atomic E-state index is 0.00911. The van der Waals surface area contributed by atoms with Gasteiger partial charge in [-0.1, -0.05) is 30.3 Å². The smallest absolute Gasteiger partial charge is 0.230 e. The Hall–Kier alpha value is -1.94. The standard InChI is InChI=1S/C17H17NO2S/c1-11-7-8-15(21-11)13-10-16(19)18-17(20)14(13)9-12-5-3-2-4-6-12/h2-8,13-14H,9-10H2,1H3,(H,18,19,20). The number of benzene rings is 1. The van der Waals surface area contributed by atoms with Gasteiger partial charge in [0.2, 0.25) is 11.8 Å². The van der Waals surface area contributed by atoms with Crippen LogP contribution in [0.15, 0.2) is 42.5 Å². The molecule has 2 atom stereocenters. The largest absolute Gasteiger partial charge is 0.296 e. The number of hydrogen-bond donors (Lipinski definition) is 1. The van der Waals surface area contributed by atoms with E-state index in [-0.39, 0.29) is 23.7 Å². The molecule has 1 saturated heterocycles. The van der Waals surface area contributed by atoms with Gasteiger partial charge in [0.05, 0.1) is 5.92 Å². The lowest BCUT2D eigenvalue weighted by molar-refractivity contribution is -0.137. The number of hydrogen-bond acceptors (Lipinski definition) is 3. The van der Waals surface area contributed by atoms with E-state index in [4.69, 9.17) is 0 Å². The maximum atomic E-state index is 12.3. The van der Waals surface area contributed by atoms with Crippen LogP contribution in [0.2, 0.25) is 0 Å². The third kappa shape index (κ3) is 3.05. The molecular formula is C17H17NO2S. The van der Waals surface area contributed by atoms with Crippen molar-refractivity contribution in [3.8, 4) is 0 Å². The zero-order valence-electron chi connectivity index (χ0n) is 11.8. The summed E-state index contributed by atoms with van der Waals surface area (Å²) in [5.74, 6) is -0.500. The molecule has 2 heterocycles. The van der Waals surface area contributed by atoms with Crippen molar-refractivity contribution >= 4 is 23.2 Å². The van der Waals surface area contributed by atoms with Crippen molar-refractivity contribution < 1.29 is 9.59 Å². The Bertz CT molecular complexity index is 662. The topological polar surface area (TPSA) is 46.2 Å². The summed E-state index contributed by atoms with van der Waals surface area (Å²) in [6, 6.07) is 14.1. The molecule has 3 nitrogen and oxygen atoms in total. The summed E-state index contributed by atoms with van der Waals surface area (Å²) in [6.07, 6.45) is 1.06. The molecule has 2 aromatic rings. The number of rotatable bonds is 3. The van der Waals surface area contributed by atoms with E-state index in [1.54, 1.807) is 11.3 Å². The fourth-order valence-corrected chi connectivity index (χ4v) is 3.90. The quantitative estimate of drug-likeness (QED) is 0.885. The van der Waals surface area contributed by atoms with Crippen LogP contribution in [-0.2, 0) is 16.0 Å². The van der Waals surface area contributed by atoms with Crippen LogP contribution in [0.5, 0.6) is 0 Å². The lowest BCUT2D eigenvalue weighted by Gasteiger charge is -2.29. The number of imide groups is 1. The van der Waals surface area contributed by atoms with E-state index in [9.17, 15) is 9.59 Å². The molecule has 108 valence electrons. The number of carbonyl (C=O) groups excluding carboxylic acids is 2. The third-order valence-electron chi connectivity index (χ3n) is 3.92. The van der Waals surface area contributed by atoms with Gasteiger partial charge in [-0.05, 0) is 31.0 Å². The van der Waals surface area contributed by atoms with E-state index >= 15 is 0 Å². The van der Waals surface area contributed by atoms with E-state index in [0.717, 1.165) is 10.4 Å². The molecule has 1 aromatic heterocycles. The molecule has 0 aliphatic carbocycles. The van der Waals surface area contributed by atoms with E-state index in [0.29, 0.717) is 12.8 Å². The van der Waals surface area contributed by atoms with Gasteiger partial charge < -0.3 is 0 Å². The Morgan fingerprint density at radius 1 is 1.14 bits per heavy atom. The molecule has 1 aliphatic rings. The predicted molar refractivity (Wildman–Crippen MR) is 83.2 cm³/mol. The maximum Gasteiger partial charge on any atom is 0.230 e. The van der Waals surface area contributed by atoms with E-state index in [1.807, 2.05) is 37.3 Å². The number of aryl methyl sites for hydroxylation is 1. The summed E-state index contributed by atoms with van der Waals surface area (Å²) in [7, 11) is 0. The molecule has 0 spiro atoms. The SMILES string of the molecule is Cc1ccc(C2CC(=O)NC(=O)C2Cc2ccccc2)s1. The second-order valence-corrected chi connectivity index (χ2v) is 6.79. The first-order chi connectivity index (χ1) is 10.1. The van der Waals surface area contributed by atoms with Crippen LogP contribution >= 0.6 is 11.3 Å². The van der Waals surface area contributed by atoms with Crippen molar-refractivity contribution in [3.05, 3.63) is 57.8 Å². The highest BCUT2D eigenvalue weighted by atomic mass is 32.1. The first-order valence-corrected chi connectivity index (χ1v) is 7.89. The zero-order valence-corrected chi connectivity index (χ0v) is 12.7. The van der Waals surface area contributed by atoms with Crippen molar-refractivity contribution in [2.45, 2.75) is 25.7 Å². The molecule has 1 N–H and O–H groups in total. The lowest BCUT2D eigenvalue weighted by atomic mass is 9.80. The monoisotopic (exact) mass is 299 g/mol. The molecule has 21 heavy (non-hydrogen) atoms. The lowest BCUT2D eigenvalue weighted by Crippen LogP contribution is -2.45. The molecule has 0 radical (unpaired) electrons. The normalized spacial score (nSPS) is 22.1. The highest BCUT2D eigenvalue weighted by molar-refractivity contribution is 7.12. The van der Waals surface area contributed by atoms with Gasteiger partial charge >= 0.3 is 0 Å². The molecular weight excluding hydrogens is 282 g/mol. The second-order valence-electron chi connectivity index (χ2n) is 5.47. The van der Waals surface area contributed by atoms with E-state index in [1.165, 1.54) is 4.88 Å². The molecule has 1 fully saturated rings. The van der Waals surface area contributed by atoms with Gasteiger partial charge in [-0.3, -0.25) is 14.9 Å². The van der Waals surface area contributed by atoms with Crippen molar-refractivity contribution in [3.63, 3.8) is 0 Å². The Morgan fingerprint density at radius 2 is 1.90 bits per heavy atom. The molecule has 3 rings (SSSR count). The average Bonchev–Trinajstić information content (AvgIpc) is 2.89. The number of amides is 2. The summed E-state index contributed by atoms with van der Waals surface area (Å²) < 4.78 is 0. The van der Waals surface area contributed by atoms with Crippen LogP contribution in [0.3, 0.4) is 0 Å². The fourth-order valence-electron chi connectivity index (χ4n) is 2.86. The first-order valence-electron chi connectivity index (χ1n) is 7.07. The number of nitrogens with one attached hydrogen (secondary N) is 1. The Balaban J connectivity index is 1.89. The zero-order chi connectivity index (χ0) is 14.8. The third-order valence-corrected chi connectivity index (χ3v) is 5.05. The van der Waals surface area contributed by atoms with Crippen LogP contribution in [-0.4, -0.2) is 11.8 Å². The van der Waals surface area contributed by atoms with Crippen LogP contribution in [0.1, 0.15) is 27.7 Å². The van der Waals surface area contributed by atoms with Crippen molar-refractivity contribution in [1.29, 1.82) is 0 Å². The predicted octanol–water partition coefficient (Wildman–Crippen LogP) is 3.05. The van der Waals surface area contributed by atoms with Gasteiger partial charge in [0.25, 0.3) is 0 Å². The Labute approximate surface area is 128 Å². The first kappa shape index (κ1) is 14.0. The summed E-state index contributed by atoms with van der Waals surface area (Å²) in [5, 5.41) is 2.48. The Kier molecular flexibility index (Phi) is 3.88. The molecule has 2 amide bonds. The highest BCUT2D eigenvalue weighted by Crippen LogP contribution is 2.37. The van der Waals surface area contributed by atoms with Gasteiger partial charge in [-0.25, -0.2) is 0 Å². The maximum absolute atomic E-state index is 12.3. The van der Waals surface area contributed by atoms with Crippen molar-refractivity contribution in [1.82, 2.24) is 5.32 Å². The van der Waals surface area contributed by atoms with Crippen LogP contribution in [0, 0.1) is 12.8 Å². The van der Waals surface area contributed by atoms with Gasteiger partial charge in [0.15, 0.2) is 0 Å². The van der Waals surface area contributed by atoms with Crippen LogP contribution in [0.25, 0.3) is 0 Å². The van der Waals surface area contributed by atoms with Crippen molar-refractivity contribution in [2.75, 3.05) is 0 Å². The Morgan fingerprint density at radius 3 is 2.57 bits per heavy atom. The summed E-state index contributed by atoms with van der Waals surface area (Å²) >= 11 is 1.68. The van der Waals surface area contributed by atoms with Crippen LogP contribution < -0.4 is 5.32 Å². The second kappa shape index (κ2) is 5.82. The van der Waals surface area contributed by atoms with Crippen molar-refractivity contribution in [2.24, 2.45) is 5.92 Å². The van der Waals surface area contributed by atoms with E-state index in [2.05, 4.69) is 17.4 Å². The number of thiophene rings is 1. The van der Waals surface area contributed by atoms with E-state index < -0.39 is 0 Å². The summed E-state index contributed by atoms with van der Waals surface area (Å²) in [5.41, 5.74) is 1.13. The minimum Gasteiger partial charge on any atom is -0.296 e. The average molecular weight is 299 g/mol. The summed E-state index contributed by atoms with van der Waals surface area (Å²) in [6.45, 7) is 2.05. The van der Waals surface area contributed by atoms with Gasteiger partial charge in [0.1, 0.15) is 0 Å². The molecule has 0 saturated carbocycles. The minimum atomic E-state index is -0.178. The molecule has 1 aromatic carbocycles. The molecule has 1 aliphatic heterocycles. The molecule has 2 unspecified atom stereocenters. The van der Waals surface area contributed by atoms with Gasteiger partial charge in [-0.15, -0.1) is 11.3 Å². The molecule has 4 heteroatoms. The highest BCUT2D eigenvalue weighted by Gasteiger charge is 2.37.